The molecule has 5 heteroatoms. The number of aromatic nitrogens is 1. The van der Waals surface area contributed by atoms with Crippen molar-refractivity contribution in [3.63, 3.8) is 0 Å². The number of fused-ring (bicyclic) bond motifs is 1. The molecule has 3 rings (SSSR count). The van der Waals surface area contributed by atoms with E-state index in [1.165, 1.54) is 0 Å². The first-order valence-electron chi connectivity index (χ1n) is 9.66. The van der Waals surface area contributed by atoms with Gasteiger partial charge in [0.1, 0.15) is 5.75 Å². The SMILES string of the molecule is CCCCOc1ccc(C(=O)OCC(=O)c2c[nH]c3c(CC)cccc23)cc1. The number of carbonyl (C=O) groups is 2. The van der Waals surface area contributed by atoms with Gasteiger partial charge >= 0.3 is 5.97 Å². The van der Waals surface area contributed by atoms with Crippen molar-refractivity contribution in [2.45, 2.75) is 33.1 Å². The molecule has 0 amide bonds. The molecule has 0 saturated carbocycles. The van der Waals surface area contributed by atoms with Gasteiger partial charge in [-0.05, 0) is 42.7 Å². The Hall–Kier alpha value is -3.08. The normalized spacial score (nSPS) is 10.8. The van der Waals surface area contributed by atoms with Gasteiger partial charge in [0, 0.05) is 22.7 Å². The minimum Gasteiger partial charge on any atom is -0.494 e. The predicted octanol–water partition coefficient (Wildman–Crippen LogP) is 4.95. The summed E-state index contributed by atoms with van der Waals surface area (Å²) < 4.78 is 10.8. The fraction of sp³-hybridized carbons (Fsp3) is 0.304. The molecule has 28 heavy (non-hydrogen) atoms. The van der Waals surface area contributed by atoms with Crippen LogP contribution in [0.1, 0.15) is 53.0 Å². The largest absolute Gasteiger partial charge is 0.494 e. The fourth-order valence-electron chi connectivity index (χ4n) is 3.06. The summed E-state index contributed by atoms with van der Waals surface area (Å²) in [6, 6.07) is 12.6. The third-order valence-corrected chi connectivity index (χ3v) is 4.67. The fourth-order valence-corrected chi connectivity index (χ4v) is 3.06. The van der Waals surface area contributed by atoms with Gasteiger partial charge in [-0.2, -0.15) is 0 Å². The van der Waals surface area contributed by atoms with Crippen molar-refractivity contribution >= 4 is 22.7 Å². The lowest BCUT2D eigenvalue weighted by molar-refractivity contribution is 0.0475. The minimum absolute atomic E-state index is 0.229. The smallest absolute Gasteiger partial charge is 0.338 e. The zero-order valence-corrected chi connectivity index (χ0v) is 16.3. The van der Waals surface area contributed by atoms with Crippen LogP contribution in [0.15, 0.2) is 48.7 Å². The van der Waals surface area contributed by atoms with Crippen LogP contribution in [-0.2, 0) is 11.2 Å². The van der Waals surface area contributed by atoms with E-state index >= 15 is 0 Å². The zero-order valence-electron chi connectivity index (χ0n) is 16.3. The summed E-state index contributed by atoms with van der Waals surface area (Å²) >= 11 is 0. The molecular formula is C23H25NO4. The van der Waals surface area contributed by atoms with Gasteiger partial charge in [0.05, 0.1) is 12.2 Å². The Kier molecular flexibility index (Phi) is 6.48. The monoisotopic (exact) mass is 379 g/mol. The van der Waals surface area contributed by atoms with E-state index in [0.29, 0.717) is 23.5 Å². The first-order chi connectivity index (χ1) is 13.6. The standard InChI is InChI=1S/C23H25NO4/c1-3-5-13-27-18-11-9-17(10-12-18)23(26)28-15-21(25)20-14-24-22-16(4-2)7-6-8-19(20)22/h6-12,14,24H,3-5,13,15H2,1-2H3. The Morgan fingerprint density at radius 2 is 1.82 bits per heavy atom. The van der Waals surface area contributed by atoms with Gasteiger partial charge in [0.2, 0.25) is 5.78 Å². The number of para-hydroxylation sites is 1. The first kappa shape index (κ1) is 19.7. The maximum Gasteiger partial charge on any atom is 0.338 e. The quantitative estimate of drug-likeness (QED) is 0.324. The third-order valence-electron chi connectivity index (χ3n) is 4.67. The molecule has 5 nitrogen and oxygen atoms in total. The highest BCUT2D eigenvalue weighted by atomic mass is 16.5. The molecule has 146 valence electrons. The van der Waals surface area contributed by atoms with E-state index in [1.54, 1.807) is 30.5 Å². The van der Waals surface area contributed by atoms with Crippen LogP contribution < -0.4 is 4.74 Å². The van der Waals surface area contributed by atoms with Crippen LogP contribution in [0.4, 0.5) is 0 Å². The van der Waals surface area contributed by atoms with Crippen LogP contribution in [0, 0.1) is 0 Å². The van der Waals surface area contributed by atoms with E-state index < -0.39 is 5.97 Å². The zero-order chi connectivity index (χ0) is 19.9. The molecule has 0 spiro atoms. The number of ketones is 1. The number of nitrogens with one attached hydrogen (secondary N) is 1. The lowest BCUT2D eigenvalue weighted by Gasteiger charge is -2.07. The molecule has 3 aromatic rings. The van der Waals surface area contributed by atoms with Crippen LogP contribution in [0.5, 0.6) is 5.75 Å². The van der Waals surface area contributed by atoms with Crippen molar-refractivity contribution in [1.29, 1.82) is 0 Å². The molecule has 0 fully saturated rings. The number of aromatic amines is 1. The molecule has 2 aromatic carbocycles. The van der Waals surface area contributed by atoms with Crippen LogP contribution >= 0.6 is 0 Å². The number of hydrogen-bond acceptors (Lipinski definition) is 4. The molecule has 0 atom stereocenters. The number of rotatable bonds is 9. The van der Waals surface area contributed by atoms with E-state index in [0.717, 1.165) is 35.7 Å². The molecule has 0 aliphatic carbocycles. The Morgan fingerprint density at radius 3 is 2.54 bits per heavy atom. The van der Waals surface area contributed by atoms with Gasteiger partial charge in [0.15, 0.2) is 6.61 Å². The number of esters is 1. The van der Waals surface area contributed by atoms with Gasteiger partial charge in [-0.15, -0.1) is 0 Å². The molecule has 1 aromatic heterocycles. The number of hydrogen-bond donors (Lipinski definition) is 1. The topological polar surface area (TPSA) is 68.4 Å². The van der Waals surface area contributed by atoms with Gasteiger partial charge in [0.25, 0.3) is 0 Å². The van der Waals surface area contributed by atoms with E-state index in [9.17, 15) is 9.59 Å². The van der Waals surface area contributed by atoms with Crippen LogP contribution in [-0.4, -0.2) is 30.0 Å². The number of unbranched alkanes of at least 4 members (excludes halogenated alkanes) is 1. The molecule has 0 radical (unpaired) electrons. The van der Waals surface area contributed by atoms with Gasteiger partial charge in [-0.1, -0.05) is 38.5 Å². The van der Waals surface area contributed by atoms with Crippen LogP contribution in [0.25, 0.3) is 10.9 Å². The average Bonchev–Trinajstić information content (AvgIpc) is 3.17. The Balaban J connectivity index is 1.61. The molecule has 0 unspecified atom stereocenters. The Bertz CT molecular complexity index is 956. The van der Waals surface area contributed by atoms with E-state index in [-0.39, 0.29) is 12.4 Å². The third kappa shape index (κ3) is 4.42. The highest BCUT2D eigenvalue weighted by Gasteiger charge is 2.16. The Morgan fingerprint density at radius 1 is 1.04 bits per heavy atom. The van der Waals surface area contributed by atoms with Crippen molar-refractivity contribution in [2.75, 3.05) is 13.2 Å². The van der Waals surface area contributed by atoms with E-state index in [4.69, 9.17) is 9.47 Å². The summed E-state index contributed by atoms with van der Waals surface area (Å²) in [6.45, 7) is 4.53. The summed E-state index contributed by atoms with van der Waals surface area (Å²) in [6.07, 6.45) is 4.61. The molecule has 0 saturated heterocycles. The first-order valence-corrected chi connectivity index (χ1v) is 9.66. The predicted molar refractivity (Wildman–Crippen MR) is 109 cm³/mol. The molecule has 0 aliphatic rings. The van der Waals surface area contributed by atoms with Crippen LogP contribution in [0.2, 0.25) is 0 Å². The second-order valence-electron chi connectivity index (χ2n) is 6.62. The number of aryl methyl sites for hydroxylation is 1. The number of ether oxygens (including phenoxy) is 2. The van der Waals surface area contributed by atoms with Crippen molar-refractivity contribution in [2.24, 2.45) is 0 Å². The van der Waals surface area contributed by atoms with Gasteiger partial charge < -0.3 is 14.5 Å². The van der Waals surface area contributed by atoms with Crippen molar-refractivity contribution in [1.82, 2.24) is 4.98 Å². The highest BCUT2D eigenvalue weighted by molar-refractivity contribution is 6.09. The maximum absolute atomic E-state index is 12.5. The summed E-state index contributed by atoms with van der Waals surface area (Å²) in [5, 5.41) is 0.856. The number of Topliss-reactive ketones (excluding diaryl/α,β-unsaturated/α-hetero) is 1. The number of carbonyl (C=O) groups excluding carboxylic acids is 2. The average molecular weight is 379 g/mol. The number of benzene rings is 2. The molecule has 0 aliphatic heterocycles. The summed E-state index contributed by atoms with van der Waals surface area (Å²) in [7, 11) is 0. The summed E-state index contributed by atoms with van der Waals surface area (Å²) in [4.78, 5) is 27.9. The molecule has 0 bridgehead atoms. The lowest BCUT2D eigenvalue weighted by Crippen LogP contribution is -2.14. The molecule has 1 heterocycles. The highest BCUT2D eigenvalue weighted by Crippen LogP contribution is 2.23. The second kappa shape index (κ2) is 9.22. The van der Waals surface area contributed by atoms with Crippen LogP contribution in [0.3, 0.4) is 0 Å². The van der Waals surface area contributed by atoms with Crippen molar-refractivity contribution in [3.05, 3.63) is 65.4 Å². The summed E-state index contributed by atoms with van der Waals surface area (Å²) in [5.74, 6) is -0.0403. The van der Waals surface area contributed by atoms with Crippen molar-refractivity contribution < 1.29 is 19.1 Å². The van der Waals surface area contributed by atoms with Gasteiger partial charge in [-0.25, -0.2) is 4.79 Å². The minimum atomic E-state index is -0.525. The molecule has 1 N–H and O–H groups in total. The summed E-state index contributed by atoms with van der Waals surface area (Å²) in [5.41, 5.74) is 3.04. The van der Waals surface area contributed by atoms with Gasteiger partial charge in [-0.3, -0.25) is 4.79 Å². The van der Waals surface area contributed by atoms with Crippen molar-refractivity contribution in [3.8, 4) is 5.75 Å². The lowest BCUT2D eigenvalue weighted by atomic mass is 10.1. The number of H-pyrrole nitrogens is 1. The maximum atomic E-state index is 12.5. The van der Waals surface area contributed by atoms with E-state index in [2.05, 4.69) is 18.8 Å². The Labute approximate surface area is 164 Å². The molecular weight excluding hydrogens is 354 g/mol. The van der Waals surface area contributed by atoms with E-state index in [1.807, 2.05) is 18.2 Å². The second-order valence-corrected chi connectivity index (χ2v) is 6.62.